The average molecular weight is 465 g/mol. The maximum absolute atomic E-state index is 13.5. The van der Waals surface area contributed by atoms with Crippen LogP contribution in [0.3, 0.4) is 0 Å². The molecule has 0 atom stereocenters. The van der Waals surface area contributed by atoms with E-state index in [0.717, 1.165) is 33.5 Å². The van der Waals surface area contributed by atoms with E-state index in [0.29, 0.717) is 0 Å². The van der Waals surface area contributed by atoms with E-state index in [1.54, 1.807) is 24.3 Å². The number of sulfonamides is 1. The van der Waals surface area contributed by atoms with Crippen molar-refractivity contribution in [2.45, 2.75) is 52.0 Å². The fourth-order valence-electron chi connectivity index (χ4n) is 3.66. The molecule has 0 fully saturated rings. The molecule has 174 valence electrons. The van der Waals surface area contributed by atoms with Crippen molar-refractivity contribution in [3.63, 3.8) is 0 Å². The number of carbonyl (C=O) groups excluding carboxylic acids is 1. The van der Waals surface area contributed by atoms with Crippen molar-refractivity contribution in [2.75, 3.05) is 11.9 Å². The number of nitrogens with zero attached hydrogens (tertiary/aromatic N) is 1. The fourth-order valence-corrected chi connectivity index (χ4v) is 5.05. The molecule has 0 aliphatic carbocycles. The number of benzene rings is 3. The average Bonchev–Trinajstić information content (AvgIpc) is 2.76. The van der Waals surface area contributed by atoms with Crippen LogP contribution in [0.4, 0.5) is 5.69 Å². The van der Waals surface area contributed by atoms with Gasteiger partial charge in [0.05, 0.1) is 11.4 Å². The van der Waals surface area contributed by atoms with Crippen LogP contribution < -0.4 is 5.32 Å². The van der Waals surface area contributed by atoms with Crippen LogP contribution in [0, 0.1) is 20.8 Å². The van der Waals surface area contributed by atoms with Crippen molar-refractivity contribution in [3.05, 3.63) is 94.5 Å². The molecule has 0 spiro atoms. The van der Waals surface area contributed by atoms with E-state index in [4.69, 9.17) is 0 Å². The van der Waals surface area contributed by atoms with Crippen molar-refractivity contribution in [1.29, 1.82) is 0 Å². The number of aryl methyl sites for hydroxylation is 3. The van der Waals surface area contributed by atoms with Crippen LogP contribution in [-0.4, -0.2) is 25.2 Å². The van der Waals surface area contributed by atoms with Gasteiger partial charge in [-0.3, -0.25) is 4.79 Å². The van der Waals surface area contributed by atoms with Gasteiger partial charge in [0.2, 0.25) is 15.9 Å². The zero-order valence-electron chi connectivity index (χ0n) is 19.9. The lowest BCUT2D eigenvalue weighted by molar-refractivity contribution is -0.116. The van der Waals surface area contributed by atoms with Crippen molar-refractivity contribution < 1.29 is 13.2 Å². The standard InChI is InChI=1S/C27H32N2O3S/c1-19(2)25-8-6-7-22(5)27(25)28-26(30)18-29(17-23-13-9-20(3)10-14-23)33(31,32)24-15-11-21(4)12-16-24/h6-16,19H,17-18H2,1-5H3,(H,28,30). The van der Waals surface area contributed by atoms with Crippen LogP contribution in [0.5, 0.6) is 0 Å². The number of amides is 1. The quantitative estimate of drug-likeness (QED) is 0.474. The summed E-state index contributed by atoms with van der Waals surface area (Å²) in [6, 6.07) is 20.3. The lowest BCUT2D eigenvalue weighted by Crippen LogP contribution is -2.37. The Balaban J connectivity index is 1.92. The number of para-hydroxylation sites is 1. The minimum Gasteiger partial charge on any atom is -0.324 e. The molecule has 3 aromatic rings. The maximum atomic E-state index is 13.5. The highest BCUT2D eigenvalue weighted by molar-refractivity contribution is 7.89. The van der Waals surface area contributed by atoms with E-state index in [9.17, 15) is 13.2 Å². The zero-order chi connectivity index (χ0) is 24.2. The van der Waals surface area contributed by atoms with Gasteiger partial charge in [-0.1, -0.05) is 79.6 Å². The van der Waals surface area contributed by atoms with Crippen LogP contribution in [0.2, 0.25) is 0 Å². The molecule has 1 amide bonds. The molecule has 0 bridgehead atoms. The normalized spacial score (nSPS) is 11.7. The monoisotopic (exact) mass is 464 g/mol. The van der Waals surface area contributed by atoms with E-state index in [1.165, 1.54) is 4.31 Å². The summed E-state index contributed by atoms with van der Waals surface area (Å²) in [5.41, 5.74) is 5.60. The highest BCUT2D eigenvalue weighted by Crippen LogP contribution is 2.28. The number of hydrogen-bond donors (Lipinski definition) is 1. The minimum atomic E-state index is -3.88. The summed E-state index contributed by atoms with van der Waals surface area (Å²) >= 11 is 0. The van der Waals surface area contributed by atoms with Crippen LogP contribution in [-0.2, 0) is 21.4 Å². The number of carbonyl (C=O) groups is 1. The topological polar surface area (TPSA) is 66.5 Å². The van der Waals surface area contributed by atoms with Crippen LogP contribution in [0.1, 0.15) is 47.6 Å². The Bertz CT molecular complexity index is 1220. The Labute approximate surface area is 197 Å². The predicted molar refractivity (Wildman–Crippen MR) is 134 cm³/mol. The Morgan fingerprint density at radius 1 is 0.879 bits per heavy atom. The Morgan fingerprint density at radius 3 is 2.03 bits per heavy atom. The van der Waals surface area contributed by atoms with E-state index in [-0.39, 0.29) is 29.8 Å². The molecular formula is C27H32N2O3S. The third-order valence-electron chi connectivity index (χ3n) is 5.65. The lowest BCUT2D eigenvalue weighted by atomic mass is 9.98. The third kappa shape index (κ3) is 6.09. The van der Waals surface area contributed by atoms with Gasteiger partial charge in [0.1, 0.15) is 0 Å². The van der Waals surface area contributed by atoms with Crippen molar-refractivity contribution in [2.24, 2.45) is 0 Å². The highest BCUT2D eigenvalue weighted by Gasteiger charge is 2.27. The van der Waals surface area contributed by atoms with E-state index < -0.39 is 10.0 Å². The summed E-state index contributed by atoms with van der Waals surface area (Å²) in [6.45, 7) is 9.78. The molecule has 0 saturated heterocycles. The Morgan fingerprint density at radius 2 is 1.45 bits per heavy atom. The summed E-state index contributed by atoms with van der Waals surface area (Å²) in [7, 11) is -3.88. The van der Waals surface area contributed by atoms with E-state index in [1.807, 2.05) is 63.2 Å². The summed E-state index contributed by atoms with van der Waals surface area (Å²) in [5, 5.41) is 2.97. The third-order valence-corrected chi connectivity index (χ3v) is 7.46. The molecule has 3 rings (SSSR count). The first-order chi connectivity index (χ1) is 15.6. The van der Waals surface area contributed by atoms with Crippen molar-refractivity contribution in [1.82, 2.24) is 4.31 Å². The second-order valence-electron chi connectivity index (χ2n) is 8.81. The largest absolute Gasteiger partial charge is 0.324 e. The first kappa shape index (κ1) is 24.7. The molecule has 0 saturated carbocycles. The molecule has 0 heterocycles. The first-order valence-corrected chi connectivity index (χ1v) is 12.5. The van der Waals surface area contributed by atoms with Crippen LogP contribution in [0.25, 0.3) is 0 Å². The smallest absolute Gasteiger partial charge is 0.243 e. The summed E-state index contributed by atoms with van der Waals surface area (Å²) in [5.74, 6) is -0.144. The zero-order valence-corrected chi connectivity index (χ0v) is 20.7. The molecule has 0 aliphatic heterocycles. The Hall–Kier alpha value is -2.96. The van der Waals surface area contributed by atoms with Gasteiger partial charge in [0, 0.05) is 12.2 Å². The molecule has 6 heteroatoms. The van der Waals surface area contributed by atoms with Gasteiger partial charge in [-0.05, 0) is 55.5 Å². The van der Waals surface area contributed by atoms with E-state index in [2.05, 4.69) is 19.2 Å². The maximum Gasteiger partial charge on any atom is 0.243 e. The number of anilines is 1. The molecular weight excluding hydrogens is 432 g/mol. The second-order valence-corrected chi connectivity index (χ2v) is 10.8. The molecule has 0 unspecified atom stereocenters. The second kappa shape index (κ2) is 10.3. The van der Waals surface area contributed by atoms with Crippen LogP contribution in [0.15, 0.2) is 71.6 Å². The summed E-state index contributed by atoms with van der Waals surface area (Å²) in [6.07, 6.45) is 0. The molecule has 5 nitrogen and oxygen atoms in total. The van der Waals surface area contributed by atoms with Crippen molar-refractivity contribution in [3.8, 4) is 0 Å². The van der Waals surface area contributed by atoms with Gasteiger partial charge >= 0.3 is 0 Å². The lowest BCUT2D eigenvalue weighted by Gasteiger charge is -2.23. The SMILES string of the molecule is Cc1ccc(CN(CC(=O)Nc2c(C)cccc2C(C)C)S(=O)(=O)c2ccc(C)cc2)cc1. The Kier molecular flexibility index (Phi) is 7.72. The van der Waals surface area contributed by atoms with E-state index >= 15 is 0 Å². The molecule has 0 radical (unpaired) electrons. The molecule has 0 aromatic heterocycles. The van der Waals surface area contributed by atoms with Gasteiger partial charge in [0.25, 0.3) is 0 Å². The molecule has 0 aliphatic rings. The summed E-state index contributed by atoms with van der Waals surface area (Å²) in [4.78, 5) is 13.3. The van der Waals surface area contributed by atoms with Gasteiger partial charge < -0.3 is 5.32 Å². The van der Waals surface area contributed by atoms with Gasteiger partial charge in [-0.15, -0.1) is 0 Å². The van der Waals surface area contributed by atoms with Crippen LogP contribution >= 0.6 is 0 Å². The summed E-state index contributed by atoms with van der Waals surface area (Å²) < 4.78 is 28.2. The minimum absolute atomic E-state index is 0.106. The molecule has 33 heavy (non-hydrogen) atoms. The van der Waals surface area contributed by atoms with Crippen molar-refractivity contribution >= 4 is 21.6 Å². The number of nitrogens with one attached hydrogen (secondary N) is 1. The number of rotatable bonds is 8. The van der Waals surface area contributed by atoms with Gasteiger partial charge in [-0.2, -0.15) is 4.31 Å². The number of hydrogen-bond acceptors (Lipinski definition) is 3. The fraction of sp³-hybridized carbons (Fsp3) is 0.296. The first-order valence-electron chi connectivity index (χ1n) is 11.1. The predicted octanol–water partition coefficient (Wildman–Crippen LogP) is 5.56. The van der Waals surface area contributed by atoms with Gasteiger partial charge in [-0.25, -0.2) is 8.42 Å². The highest BCUT2D eigenvalue weighted by atomic mass is 32.2. The molecule has 1 N–H and O–H groups in total. The molecule has 3 aromatic carbocycles. The van der Waals surface area contributed by atoms with Gasteiger partial charge in [0.15, 0.2) is 0 Å².